The Morgan fingerprint density at radius 3 is 2.00 bits per heavy atom. The van der Waals surface area contributed by atoms with Crippen molar-refractivity contribution in [2.75, 3.05) is 7.11 Å². The third kappa shape index (κ3) is 6.67. The molecule has 0 aromatic heterocycles. The number of aliphatic carboxylic acids is 2. The highest BCUT2D eigenvalue weighted by Crippen LogP contribution is 2.25. The number of carbonyl (C=O) groups is 3. The maximum Gasteiger partial charge on any atom is 0.331 e. The fourth-order valence-corrected chi connectivity index (χ4v) is 1.59. The summed E-state index contributed by atoms with van der Waals surface area (Å²) in [6.07, 6.45) is 3.95. The van der Waals surface area contributed by atoms with Gasteiger partial charge in [-0.25, -0.2) is 4.79 Å². The van der Waals surface area contributed by atoms with Crippen LogP contribution >= 0.6 is 0 Å². The van der Waals surface area contributed by atoms with Gasteiger partial charge in [-0.15, -0.1) is 0 Å². The lowest BCUT2D eigenvalue weighted by Crippen LogP contribution is -2.11. The van der Waals surface area contributed by atoms with E-state index in [9.17, 15) is 14.4 Å². The van der Waals surface area contributed by atoms with Crippen molar-refractivity contribution in [2.45, 2.75) is 32.1 Å². The van der Waals surface area contributed by atoms with Gasteiger partial charge in [0.05, 0.1) is 19.4 Å². The van der Waals surface area contributed by atoms with E-state index in [-0.39, 0.29) is 17.5 Å². The summed E-state index contributed by atoms with van der Waals surface area (Å²) < 4.78 is 4.60. The van der Waals surface area contributed by atoms with Crippen molar-refractivity contribution in [3.63, 3.8) is 0 Å². The van der Waals surface area contributed by atoms with Gasteiger partial charge in [-0.1, -0.05) is 19.4 Å². The zero-order valence-corrected chi connectivity index (χ0v) is 10.3. The van der Waals surface area contributed by atoms with Crippen LogP contribution in [0.5, 0.6) is 0 Å². The van der Waals surface area contributed by atoms with Gasteiger partial charge in [0.1, 0.15) is 0 Å². The molecule has 1 rings (SSSR count). The Labute approximate surface area is 105 Å². The van der Waals surface area contributed by atoms with Gasteiger partial charge >= 0.3 is 17.9 Å². The van der Waals surface area contributed by atoms with E-state index in [0.29, 0.717) is 0 Å². The summed E-state index contributed by atoms with van der Waals surface area (Å²) >= 11 is 0. The van der Waals surface area contributed by atoms with E-state index in [1.807, 2.05) is 0 Å². The zero-order chi connectivity index (χ0) is 14.1. The molecule has 0 radical (unpaired) electrons. The quantitative estimate of drug-likeness (QED) is 0.584. The van der Waals surface area contributed by atoms with E-state index >= 15 is 0 Å². The first-order valence-electron chi connectivity index (χ1n) is 5.59. The molecular formula is C12H18O6. The maximum absolute atomic E-state index is 10.8. The predicted molar refractivity (Wildman–Crippen MR) is 63.0 cm³/mol. The minimum Gasteiger partial charge on any atom is -0.481 e. The van der Waals surface area contributed by atoms with Crippen LogP contribution in [0.1, 0.15) is 32.1 Å². The topological polar surface area (TPSA) is 101 Å². The normalized spacial score (nSPS) is 14.3. The molecule has 1 aliphatic rings. The first-order chi connectivity index (χ1) is 8.38. The molecule has 1 aliphatic carbocycles. The van der Waals surface area contributed by atoms with Gasteiger partial charge in [0.25, 0.3) is 0 Å². The molecule has 0 aromatic carbocycles. The molecule has 0 unspecified atom stereocenters. The number of carboxylic acids is 2. The van der Waals surface area contributed by atoms with Crippen LogP contribution in [0.3, 0.4) is 0 Å². The molecule has 0 saturated heterocycles. The van der Waals surface area contributed by atoms with Crippen LogP contribution in [0, 0.1) is 5.92 Å². The summed E-state index contributed by atoms with van der Waals surface area (Å²) in [6, 6.07) is 0. The van der Waals surface area contributed by atoms with Gasteiger partial charge in [-0.05, 0) is 12.8 Å². The Hall–Kier alpha value is -1.85. The Balaban J connectivity index is 0.000000321. The second kappa shape index (κ2) is 8.27. The van der Waals surface area contributed by atoms with E-state index in [4.69, 9.17) is 10.2 Å². The molecule has 6 nitrogen and oxygen atoms in total. The molecule has 1 fully saturated rings. The Morgan fingerprint density at radius 1 is 1.22 bits per heavy atom. The van der Waals surface area contributed by atoms with Crippen molar-refractivity contribution in [3.05, 3.63) is 12.2 Å². The Kier molecular flexibility index (Phi) is 7.42. The molecule has 18 heavy (non-hydrogen) atoms. The predicted octanol–water partition coefficient (Wildman–Crippen LogP) is 1.45. The van der Waals surface area contributed by atoms with Gasteiger partial charge in [-0.3, -0.25) is 9.59 Å². The van der Waals surface area contributed by atoms with Crippen LogP contribution in [0.15, 0.2) is 12.2 Å². The van der Waals surface area contributed by atoms with Crippen LogP contribution in [0.25, 0.3) is 0 Å². The summed E-state index contributed by atoms with van der Waals surface area (Å²) in [6.45, 7) is 3.01. The Morgan fingerprint density at radius 2 is 1.72 bits per heavy atom. The molecule has 0 spiro atoms. The Bertz CT molecular complexity index is 327. The third-order valence-corrected chi connectivity index (χ3v) is 2.56. The molecule has 0 aromatic rings. The van der Waals surface area contributed by atoms with E-state index in [0.717, 1.165) is 12.8 Å². The fourth-order valence-electron chi connectivity index (χ4n) is 1.59. The number of ether oxygens (including phenoxy) is 1. The maximum atomic E-state index is 10.8. The average molecular weight is 258 g/mol. The molecule has 6 heteroatoms. The smallest absolute Gasteiger partial charge is 0.331 e. The molecule has 0 aliphatic heterocycles. The molecular weight excluding hydrogens is 240 g/mol. The van der Waals surface area contributed by atoms with Crippen molar-refractivity contribution in [1.29, 1.82) is 0 Å². The highest BCUT2D eigenvalue weighted by molar-refractivity contribution is 5.91. The highest BCUT2D eigenvalue weighted by Gasteiger charge is 2.22. The molecule has 0 amide bonds. The second-order valence-corrected chi connectivity index (χ2v) is 3.98. The largest absolute Gasteiger partial charge is 0.481 e. The van der Waals surface area contributed by atoms with Gasteiger partial charge in [0, 0.05) is 5.57 Å². The summed E-state index contributed by atoms with van der Waals surface area (Å²) in [5, 5.41) is 16.1. The zero-order valence-electron chi connectivity index (χ0n) is 10.3. The van der Waals surface area contributed by atoms with Crippen LogP contribution in [0.4, 0.5) is 0 Å². The molecule has 1 saturated carbocycles. The van der Waals surface area contributed by atoms with E-state index in [2.05, 4.69) is 11.3 Å². The number of hydrogen-bond acceptors (Lipinski definition) is 4. The van der Waals surface area contributed by atoms with Crippen molar-refractivity contribution < 1.29 is 29.3 Å². The molecule has 2 N–H and O–H groups in total. The van der Waals surface area contributed by atoms with E-state index in [1.54, 1.807) is 0 Å². The second-order valence-electron chi connectivity index (χ2n) is 3.98. The van der Waals surface area contributed by atoms with Crippen molar-refractivity contribution >= 4 is 17.9 Å². The minimum atomic E-state index is -1.27. The van der Waals surface area contributed by atoms with Crippen molar-refractivity contribution in [2.24, 2.45) is 5.92 Å². The highest BCUT2D eigenvalue weighted by atomic mass is 16.5. The summed E-state index contributed by atoms with van der Waals surface area (Å²) in [7, 11) is 1.46. The fraction of sp³-hybridized carbons (Fsp3) is 0.583. The number of esters is 1. The number of rotatable bonds is 4. The molecule has 0 atom stereocenters. The average Bonchev–Trinajstić information content (AvgIpc) is 2.81. The lowest BCUT2D eigenvalue weighted by molar-refractivity contribution is -0.145. The molecule has 102 valence electrons. The number of hydrogen-bond donors (Lipinski definition) is 2. The van der Waals surface area contributed by atoms with Crippen LogP contribution in [-0.4, -0.2) is 35.2 Å². The summed E-state index contributed by atoms with van der Waals surface area (Å²) in [5.41, 5.74) is -0.303. The van der Waals surface area contributed by atoms with E-state index < -0.39 is 18.4 Å². The first kappa shape index (κ1) is 16.1. The van der Waals surface area contributed by atoms with Gasteiger partial charge in [-0.2, -0.15) is 0 Å². The lowest BCUT2D eigenvalue weighted by atomic mass is 10.1. The molecule has 0 bridgehead atoms. The van der Waals surface area contributed by atoms with Crippen molar-refractivity contribution in [3.8, 4) is 0 Å². The van der Waals surface area contributed by atoms with Crippen molar-refractivity contribution in [1.82, 2.24) is 0 Å². The summed E-state index contributed by atoms with van der Waals surface area (Å²) in [4.78, 5) is 30.5. The lowest BCUT2D eigenvalue weighted by Gasteiger charge is -2.03. The molecule has 0 heterocycles. The monoisotopic (exact) mass is 258 g/mol. The SMILES string of the molecule is C=C(CC(=O)O)C(=O)O.COC(=O)C1CCCC1. The van der Waals surface area contributed by atoms with Gasteiger partial charge in [0.15, 0.2) is 0 Å². The van der Waals surface area contributed by atoms with E-state index in [1.165, 1.54) is 20.0 Å². The number of carbonyl (C=O) groups excluding carboxylic acids is 1. The third-order valence-electron chi connectivity index (χ3n) is 2.56. The van der Waals surface area contributed by atoms with Crippen LogP contribution in [0.2, 0.25) is 0 Å². The number of methoxy groups -OCH3 is 1. The standard InChI is InChI=1S/C7H12O2.C5H6O4/c1-9-7(8)6-4-2-3-5-6;1-3(5(8)9)2-4(6)7/h6H,2-5H2,1H3;1-2H2,(H,6,7)(H,8,9). The number of carboxylic acid groups (broad SMARTS) is 2. The van der Waals surface area contributed by atoms with Gasteiger partial charge in [0.2, 0.25) is 0 Å². The minimum absolute atomic E-state index is 0.0208. The van der Waals surface area contributed by atoms with Crippen LogP contribution in [-0.2, 0) is 19.1 Å². The first-order valence-corrected chi connectivity index (χ1v) is 5.59. The van der Waals surface area contributed by atoms with Gasteiger partial charge < -0.3 is 14.9 Å². The summed E-state index contributed by atoms with van der Waals surface area (Å²) in [5.74, 6) is -2.25. The van der Waals surface area contributed by atoms with Crippen LogP contribution < -0.4 is 0 Å².